The van der Waals surface area contributed by atoms with Gasteiger partial charge in [0.25, 0.3) is 0 Å². The molecule has 6 nitrogen and oxygen atoms in total. The molecule has 1 heterocycles. The van der Waals surface area contributed by atoms with E-state index in [0.29, 0.717) is 22.9 Å². The van der Waals surface area contributed by atoms with Crippen LogP contribution in [-0.2, 0) is 4.79 Å². The van der Waals surface area contributed by atoms with E-state index in [9.17, 15) is 13.2 Å². The molecule has 26 heavy (non-hydrogen) atoms. The molecule has 1 aromatic carbocycles. The lowest BCUT2D eigenvalue weighted by molar-refractivity contribution is -0.192. The van der Waals surface area contributed by atoms with E-state index in [4.69, 9.17) is 31.7 Å². The molecule has 0 saturated heterocycles. The second-order valence-corrected chi connectivity index (χ2v) is 6.30. The number of aromatic nitrogens is 2. The summed E-state index contributed by atoms with van der Waals surface area (Å²) in [6.07, 6.45) is -0.959. The van der Waals surface area contributed by atoms with Gasteiger partial charge in [0, 0.05) is 22.5 Å². The number of halogens is 4. The van der Waals surface area contributed by atoms with Crippen LogP contribution in [0.4, 0.5) is 13.2 Å². The van der Waals surface area contributed by atoms with Crippen LogP contribution < -0.4 is 5.73 Å². The van der Waals surface area contributed by atoms with Crippen molar-refractivity contribution in [2.24, 2.45) is 5.73 Å². The molecule has 142 valence electrons. The van der Waals surface area contributed by atoms with E-state index in [-0.39, 0.29) is 0 Å². The van der Waals surface area contributed by atoms with Crippen LogP contribution in [0.5, 0.6) is 0 Å². The van der Waals surface area contributed by atoms with Gasteiger partial charge in [0.15, 0.2) is 0 Å². The average Bonchev–Trinajstić information content (AvgIpc) is 3.06. The van der Waals surface area contributed by atoms with Gasteiger partial charge in [0.1, 0.15) is 0 Å². The molecule has 0 spiro atoms. The Morgan fingerprint density at radius 2 is 1.69 bits per heavy atom. The molecule has 0 radical (unpaired) electrons. The Bertz CT molecular complexity index is 726. The summed E-state index contributed by atoms with van der Waals surface area (Å²) in [5.74, 6) is -1.11. The SMILES string of the molecule is N[C@H]1CC[C@H](c2nnc(-c3ccc(Cl)cc3)o2)CC1.O=C(O)C(F)(F)F. The van der Waals surface area contributed by atoms with E-state index in [0.717, 1.165) is 37.1 Å². The van der Waals surface area contributed by atoms with Crippen molar-refractivity contribution in [3.05, 3.63) is 35.2 Å². The lowest BCUT2D eigenvalue weighted by Crippen LogP contribution is -2.25. The molecule has 3 N–H and O–H groups in total. The number of benzene rings is 1. The van der Waals surface area contributed by atoms with E-state index in [1.54, 1.807) is 0 Å². The lowest BCUT2D eigenvalue weighted by Gasteiger charge is -2.23. The van der Waals surface area contributed by atoms with Crippen molar-refractivity contribution in [2.75, 3.05) is 0 Å². The highest BCUT2D eigenvalue weighted by Crippen LogP contribution is 2.32. The smallest absolute Gasteiger partial charge is 0.475 e. The van der Waals surface area contributed by atoms with Crippen molar-refractivity contribution in [2.45, 2.75) is 43.8 Å². The zero-order valence-electron chi connectivity index (χ0n) is 13.5. The Kier molecular flexibility index (Phi) is 6.60. The minimum absolute atomic E-state index is 0.329. The number of nitrogens with two attached hydrogens (primary N) is 1. The maximum absolute atomic E-state index is 10.6. The van der Waals surface area contributed by atoms with Crippen LogP contribution in [-0.4, -0.2) is 33.5 Å². The summed E-state index contributed by atoms with van der Waals surface area (Å²) in [4.78, 5) is 8.90. The minimum Gasteiger partial charge on any atom is -0.475 e. The molecule has 0 aliphatic heterocycles. The summed E-state index contributed by atoms with van der Waals surface area (Å²) in [5.41, 5.74) is 6.81. The molecule has 10 heteroatoms. The second-order valence-electron chi connectivity index (χ2n) is 5.87. The summed E-state index contributed by atoms with van der Waals surface area (Å²) >= 11 is 5.86. The second kappa shape index (κ2) is 8.50. The fraction of sp³-hybridized carbons (Fsp3) is 0.438. The van der Waals surface area contributed by atoms with Crippen molar-refractivity contribution in [1.82, 2.24) is 10.2 Å². The number of carboxylic acid groups (broad SMARTS) is 1. The summed E-state index contributed by atoms with van der Waals surface area (Å²) in [6.45, 7) is 0. The topological polar surface area (TPSA) is 102 Å². The maximum atomic E-state index is 10.6. The van der Waals surface area contributed by atoms with Gasteiger partial charge in [-0.05, 0) is 49.9 Å². The molecule has 1 aliphatic carbocycles. The first-order valence-corrected chi connectivity index (χ1v) is 8.19. The van der Waals surface area contributed by atoms with Gasteiger partial charge >= 0.3 is 12.1 Å². The molecule has 1 fully saturated rings. The van der Waals surface area contributed by atoms with Gasteiger partial charge in [-0.3, -0.25) is 0 Å². The predicted molar refractivity (Wildman–Crippen MR) is 87.6 cm³/mol. The predicted octanol–water partition coefficient (Wildman–Crippen LogP) is 4.01. The Labute approximate surface area is 152 Å². The number of rotatable bonds is 2. The highest BCUT2D eigenvalue weighted by atomic mass is 35.5. The van der Waals surface area contributed by atoms with Crippen molar-refractivity contribution in [3.63, 3.8) is 0 Å². The molecule has 3 rings (SSSR count). The number of hydrogen-bond acceptors (Lipinski definition) is 5. The van der Waals surface area contributed by atoms with E-state index >= 15 is 0 Å². The highest BCUT2D eigenvalue weighted by molar-refractivity contribution is 6.30. The van der Waals surface area contributed by atoms with Crippen molar-refractivity contribution in [1.29, 1.82) is 0 Å². The van der Waals surface area contributed by atoms with Crippen LogP contribution in [0.25, 0.3) is 11.5 Å². The molecule has 0 atom stereocenters. The molecule has 1 aliphatic rings. The third-order valence-electron chi connectivity index (χ3n) is 3.90. The Morgan fingerprint density at radius 1 is 1.15 bits per heavy atom. The highest BCUT2D eigenvalue weighted by Gasteiger charge is 2.38. The first kappa shape index (κ1) is 20.2. The molecule has 0 amide bonds. The number of hydrogen-bond donors (Lipinski definition) is 2. The van der Waals surface area contributed by atoms with Gasteiger partial charge in [-0.15, -0.1) is 10.2 Å². The summed E-state index contributed by atoms with van der Waals surface area (Å²) < 4.78 is 37.5. The van der Waals surface area contributed by atoms with Crippen LogP contribution in [0.15, 0.2) is 28.7 Å². The molecular weight excluding hydrogens is 375 g/mol. The fourth-order valence-corrected chi connectivity index (χ4v) is 2.60. The molecule has 1 aromatic heterocycles. The zero-order valence-corrected chi connectivity index (χ0v) is 14.3. The lowest BCUT2D eigenvalue weighted by atomic mass is 9.86. The monoisotopic (exact) mass is 391 g/mol. The first-order chi connectivity index (χ1) is 12.2. The molecule has 1 saturated carbocycles. The maximum Gasteiger partial charge on any atom is 0.490 e. The number of nitrogens with zero attached hydrogens (tertiary/aromatic N) is 2. The number of alkyl halides is 3. The average molecular weight is 392 g/mol. The summed E-state index contributed by atoms with van der Waals surface area (Å²) in [6, 6.07) is 7.74. The van der Waals surface area contributed by atoms with Gasteiger partial charge < -0.3 is 15.3 Å². The quantitative estimate of drug-likeness (QED) is 0.801. The van der Waals surface area contributed by atoms with E-state index < -0.39 is 12.1 Å². The van der Waals surface area contributed by atoms with E-state index in [2.05, 4.69) is 10.2 Å². The minimum atomic E-state index is -5.08. The van der Waals surface area contributed by atoms with Crippen LogP contribution in [0, 0.1) is 0 Å². The third kappa shape index (κ3) is 5.70. The van der Waals surface area contributed by atoms with E-state index in [1.165, 1.54) is 0 Å². The van der Waals surface area contributed by atoms with Crippen molar-refractivity contribution >= 4 is 17.6 Å². The van der Waals surface area contributed by atoms with Gasteiger partial charge in [-0.1, -0.05) is 11.6 Å². The number of aliphatic carboxylic acids is 1. The molecule has 2 aromatic rings. The van der Waals surface area contributed by atoms with Crippen LogP contribution in [0.3, 0.4) is 0 Å². The van der Waals surface area contributed by atoms with E-state index in [1.807, 2.05) is 24.3 Å². The molecule has 0 unspecified atom stereocenters. The van der Waals surface area contributed by atoms with Gasteiger partial charge in [-0.25, -0.2) is 4.79 Å². The van der Waals surface area contributed by atoms with Gasteiger partial charge in [0.2, 0.25) is 11.8 Å². The Hall–Kier alpha value is -2.13. The van der Waals surface area contributed by atoms with Crippen LogP contribution >= 0.6 is 11.6 Å². The normalized spacial score (nSPS) is 20.2. The standard InChI is InChI=1S/C14H16ClN3O.C2HF3O2/c15-11-5-1-9(2-6-11)13-17-18-14(19-13)10-3-7-12(16)8-4-10;3-2(4,5)1(6)7/h1-2,5-6,10,12H,3-4,7-8,16H2;(H,6,7)/t10-,12-;. The van der Waals surface area contributed by atoms with Gasteiger partial charge in [-0.2, -0.15) is 13.2 Å². The first-order valence-electron chi connectivity index (χ1n) is 7.82. The fourth-order valence-electron chi connectivity index (χ4n) is 2.47. The van der Waals surface area contributed by atoms with Crippen molar-refractivity contribution < 1.29 is 27.5 Å². The van der Waals surface area contributed by atoms with Crippen molar-refractivity contribution in [3.8, 4) is 11.5 Å². The Morgan fingerprint density at radius 3 is 2.19 bits per heavy atom. The molecule has 0 bridgehead atoms. The number of carboxylic acids is 1. The largest absolute Gasteiger partial charge is 0.490 e. The van der Waals surface area contributed by atoms with Crippen LogP contribution in [0.1, 0.15) is 37.5 Å². The summed E-state index contributed by atoms with van der Waals surface area (Å²) in [5, 5.41) is 16.1. The van der Waals surface area contributed by atoms with Gasteiger partial charge in [0.05, 0.1) is 0 Å². The Balaban J connectivity index is 0.000000298. The molecular formula is C16H17ClF3N3O3. The zero-order chi connectivity index (χ0) is 19.3. The number of carbonyl (C=O) groups is 1. The van der Waals surface area contributed by atoms with Crippen LogP contribution in [0.2, 0.25) is 5.02 Å². The third-order valence-corrected chi connectivity index (χ3v) is 4.15. The summed E-state index contributed by atoms with van der Waals surface area (Å²) in [7, 11) is 0.